The zero-order chi connectivity index (χ0) is 19.0. The predicted molar refractivity (Wildman–Crippen MR) is 98.6 cm³/mol. The SMILES string of the molecule is CCOC(=O)c1nn(-c2ccc(F)cc2)c2nc(NC(=O)C3CCC3)sc12. The van der Waals surface area contributed by atoms with Crippen LogP contribution in [0.5, 0.6) is 0 Å². The van der Waals surface area contributed by atoms with E-state index in [4.69, 9.17) is 4.74 Å². The van der Waals surface area contributed by atoms with Crippen molar-refractivity contribution in [2.75, 3.05) is 11.9 Å². The predicted octanol–water partition coefficient (Wildman–Crippen LogP) is 3.54. The van der Waals surface area contributed by atoms with Gasteiger partial charge in [-0.25, -0.2) is 13.9 Å². The molecule has 0 radical (unpaired) electrons. The van der Waals surface area contributed by atoms with Crippen molar-refractivity contribution in [3.05, 3.63) is 35.8 Å². The fourth-order valence-corrected chi connectivity index (χ4v) is 3.75. The second-order valence-electron chi connectivity index (χ2n) is 6.25. The number of halogens is 1. The summed E-state index contributed by atoms with van der Waals surface area (Å²) in [6.07, 6.45) is 2.83. The Balaban J connectivity index is 1.75. The number of amides is 1. The minimum atomic E-state index is -0.566. The van der Waals surface area contributed by atoms with Crippen molar-refractivity contribution in [2.24, 2.45) is 5.92 Å². The lowest BCUT2D eigenvalue weighted by molar-refractivity contribution is -0.122. The molecule has 0 atom stereocenters. The number of aromatic nitrogens is 3. The molecule has 9 heteroatoms. The van der Waals surface area contributed by atoms with Gasteiger partial charge in [-0.05, 0) is 44.0 Å². The number of hydrogen-bond acceptors (Lipinski definition) is 6. The maximum Gasteiger partial charge on any atom is 0.360 e. The van der Waals surface area contributed by atoms with Crippen LogP contribution in [0.3, 0.4) is 0 Å². The largest absolute Gasteiger partial charge is 0.461 e. The molecule has 4 rings (SSSR count). The highest BCUT2D eigenvalue weighted by Crippen LogP contribution is 2.33. The Bertz CT molecular complexity index is 1010. The quantitative estimate of drug-likeness (QED) is 0.676. The third-order valence-electron chi connectivity index (χ3n) is 4.47. The highest BCUT2D eigenvalue weighted by Gasteiger charge is 2.28. The molecule has 0 bridgehead atoms. The molecule has 0 spiro atoms. The fourth-order valence-electron chi connectivity index (χ4n) is 2.83. The van der Waals surface area contributed by atoms with Gasteiger partial charge in [-0.1, -0.05) is 17.8 Å². The Morgan fingerprint density at radius 2 is 2.07 bits per heavy atom. The molecule has 2 aromatic heterocycles. The summed E-state index contributed by atoms with van der Waals surface area (Å²) >= 11 is 1.18. The monoisotopic (exact) mass is 388 g/mol. The number of nitrogens with zero attached hydrogens (tertiary/aromatic N) is 3. The third-order valence-corrected chi connectivity index (χ3v) is 5.44. The second-order valence-corrected chi connectivity index (χ2v) is 7.25. The maximum atomic E-state index is 13.2. The van der Waals surface area contributed by atoms with Gasteiger partial charge in [0.05, 0.1) is 12.3 Å². The van der Waals surface area contributed by atoms with E-state index in [0.717, 1.165) is 19.3 Å². The van der Waals surface area contributed by atoms with Crippen LogP contribution in [-0.2, 0) is 9.53 Å². The van der Waals surface area contributed by atoms with Crippen LogP contribution < -0.4 is 5.32 Å². The molecule has 0 aliphatic heterocycles. The van der Waals surface area contributed by atoms with Crippen molar-refractivity contribution in [2.45, 2.75) is 26.2 Å². The van der Waals surface area contributed by atoms with E-state index in [1.165, 1.54) is 28.2 Å². The van der Waals surface area contributed by atoms with Gasteiger partial charge in [0.25, 0.3) is 0 Å². The van der Waals surface area contributed by atoms with E-state index < -0.39 is 5.97 Å². The highest BCUT2D eigenvalue weighted by molar-refractivity contribution is 7.22. The molecule has 140 valence electrons. The number of carbonyl (C=O) groups excluding carboxylic acids is 2. The Hall–Kier alpha value is -2.81. The summed E-state index contributed by atoms with van der Waals surface area (Å²) in [5.74, 6) is -0.977. The number of hydrogen-bond donors (Lipinski definition) is 1. The standard InChI is InChI=1S/C18H17FN4O3S/c1-2-26-17(25)13-14-15(23(22-13)12-8-6-11(19)7-9-12)20-18(27-14)21-16(24)10-4-3-5-10/h6-10H,2-5H2,1H3,(H,20,21,24). The molecule has 0 saturated heterocycles. The fraction of sp³-hybridized carbons (Fsp3) is 0.333. The summed E-state index contributed by atoms with van der Waals surface area (Å²) in [6.45, 7) is 1.93. The summed E-state index contributed by atoms with van der Waals surface area (Å²) in [5, 5.41) is 7.53. The zero-order valence-electron chi connectivity index (χ0n) is 14.6. The van der Waals surface area contributed by atoms with E-state index in [1.807, 2.05) is 0 Å². The Morgan fingerprint density at radius 1 is 1.33 bits per heavy atom. The smallest absolute Gasteiger partial charge is 0.360 e. The molecule has 27 heavy (non-hydrogen) atoms. The van der Waals surface area contributed by atoms with E-state index in [9.17, 15) is 14.0 Å². The molecule has 1 N–H and O–H groups in total. The first-order valence-corrected chi connectivity index (χ1v) is 9.52. The molecule has 1 aliphatic carbocycles. The van der Waals surface area contributed by atoms with Crippen LogP contribution in [0.15, 0.2) is 24.3 Å². The van der Waals surface area contributed by atoms with Crippen molar-refractivity contribution >= 4 is 38.7 Å². The number of fused-ring (bicyclic) bond motifs is 1. The van der Waals surface area contributed by atoms with Crippen LogP contribution in [0.4, 0.5) is 9.52 Å². The molecule has 1 amide bonds. The van der Waals surface area contributed by atoms with Crippen LogP contribution >= 0.6 is 11.3 Å². The normalized spacial score (nSPS) is 14.1. The van der Waals surface area contributed by atoms with Gasteiger partial charge >= 0.3 is 5.97 Å². The molecule has 3 aromatic rings. The van der Waals surface area contributed by atoms with Crippen LogP contribution in [-0.4, -0.2) is 33.2 Å². The van der Waals surface area contributed by atoms with Gasteiger partial charge in [-0.2, -0.15) is 10.1 Å². The Morgan fingerprint density at radius 3 is 2.70 bits per heavy atom. The van der Waals surface area contributed by atoms with Gasteiger partial charge in [0.2, 0.25) is 5.91 Å². The van der Waals surface area contributed by atoms with Gasteiger partial charge in [-0.15, -0.1) is 0 Å². The summed E-state index contributed by atoms with van der Waals surface area (Å²) in [5.41, 5.74) is 1.09. The topological polar surface area (TPSA) is 86.1 Å². The molecule has 0 unspecified atom stereocenters. The van der Waals surface area contributed by atoms with Crippen LogP contribution in [0.2, 0.25) is 0 Å². The zero-order valence-corrected chi connectivity index (χ0v) is 15.4. The molecule has 1 aromatic carbocycles. The van der Waals surface area contributed by atoms with E-state index in [1.54, 1.807) is 19.1 Å². The maximum absolute atomic E-state index is 13.2. The van der Waals surface area contributed by atoms with Gasteiger partial charge in [-0.3, -0.25) is 4.79 Å². The van der Waals surface area contributed by atoms with E-state index in [2.05, 4.69) is 15.4 Å². The number of nitrogens with one attached hydrogen (secondary N) is 1. The third kappa shape index (κ3) is 3.30. The molecule has 7 nitrogen and oxygen atoms in total. The van der Waals surface area contributed by atoms with Crippen molar-refractivity contribution in [3.8, 4) is 5.69 Å². The van der Waals surface area contributed by atoms with E-state index >= 15 is 0 Å². The van der Waals surface area contributed by atoms with E-state index in [0.29, 0.717) is 21.2 Å². The molecule has 1 saturated carbocycles. The first kappa shape index (κ1) is 17.6. The number of rotatable bonds is 5. The number of benzene rings is 1. The van der Waals surface area contributed by atoms with Gasteiger partial charge in [0, 0.05) is 5.92 Å². The van der Waals surface area contributed by atoms with Gasteiger partial charge < -0.3 is 10.1 Å². The number of carbonyl (C=O) groups is 2. The molecular weight excluding hydrogens is 371 g/mol. The summed E-state index contributed by atoms with van der Waals surface area (Å²) in [4.78, 5) is 28.9. The number of thiazole rings is 1. The van der Waals surface area contributed by atoms with Crippen LogP contribution in [0, 0.1) is 11.7 Å². The molecule has 2 heterocycles. The molecule has 1 fully saturated rings. The summed E-state index contributed by atoms with van der Waals surface area (Å²) < 4.78 is 20.3. The first-order valence-electron chi connectivity index (χ1n) is 8.70. The van der Waals surface area contributed by atoms with Crippen molar-refractivity contribution in [1.29, 1.82) is 0 Å². The Kier molecular flexibility index (Phi) is 4.61. The first-order chi connectivity index (χ1) is 13.1. The molecular formula is C18H17FN4O3S. The summed E-state index contributed by atoms with van der Waals surface area (Å²) in [6, 6.07) is 5.70. The van der Waals surface area contributed by atoms with Gasteiger partial charge in [0.15, 0.2) is 16.5 Å². The average molecular weight is 388 g/mol. The number of esters is 1. The van der Waals surface area contributed by atoms with Crippen molar-refractivity contribution < 1.29 is 18.7 Å². The minimum absolute atomic E-state index is 0.0233. The second kappa shape index (κ2) is 7.07. The minimum Gasteiger partial charge on any atom is -0.461 e. The Labute approximate surface area is 158 Å². The lowest BCUT2D eigenvalue weighted by atomic mass is 9.85. The number of ether oxygens (including phenoxy) is 1. The van der Waals surface area contributed by atoms with E-state index in [-0.39, 0.29) is 29.9 Å². The van der Waals surface area contributed by atoms with Crippen molar-refractivity contribution in [1.82, 2.24) is 14.8 Å². The van der Waals surface area contributed by atoms with Gasteiger partial charge in [0.1, 0.15) is 10.5 Å². The summed E-state index contributed by atoms with van der Waals surface area (Å²) in [7, 11) is 0. The van der Waals surface area contributed by atoms with Crippen molar-refractivity contribution in [3.63, 3.8) is 0 Å². The molecule has 1 aliphatic rings. The van der Waals surface area contributed by atoms with Crippen LogP contribution in [0.25, 0.3) is 16.0 Å². The highest BCUT2D eigenvalue weighted by atomic mass is 32.1. The lowest BCUT2D eigenvalue weighted by Gasteiger charge is -2.23. The van der Waals surface area contributed by atoms with Crippen LogP contribution in [0.1, 0.15) is 36.7 Å². The number of anilines is 1. The average Bonchev–Trinajstić information content (AvgIpc) is 3.12. The lowest BCUT2D eigenvalue weighted by Crippen LogP contribution is -2.27.